The van der Waals surface area contributed by atoms with Gasteiger partial charge in [0.1, 0.15) is 12.4 Å². The molecule has 0 spiro atoms. The summed E-state index contributed by atoms with van der Waals surface area (Å²) in [7, 11) is 0. The lowest BCUT2D eigenvalue weighted by Gasteiger charge is -2.16. The minimum Gasteiger partial charge on any atom is -0.491 e. The molecule has 0 radical (unpaired) electrons. The maximum absolute atomic E-state index is 12.1. The smallest absolute Gasteiger partial charge is 0.261 e. The van der Waals surface area contributed by atoms with Crippen LogP contribution in [0.1, 0.15) is 28.1 Å². The maximum atomic E-state index is 12.1. The quantitative estimate of drug-likeness (QED) is 0.616. The van der Waals surface area contributed by atoms with E-state index in [9.17, 15) is 4.79 Å². The molecule has 2 heterocycles. The van der Waals surface area contributed by atoms with Crippen LogP contribution in [0.25, 0.3) is 0 Å². The van der Waals surface area contributed by atoms with Gasteiger partial charge in [-0.15, -0.1) is 11.3 Å². The van der Waals surface area contributed by atoms with Crippen molar-refractivity contribution in [2.45, 2.75) is 19.4 Å². The number of halogens is 2. The number of thiophene rings is 1. The molecule has 1 amide bonds. The Morgan fingerprint density at radius 1 is 1.24 bits per heavy atom. The number of carbonyl (C=O) groups is 1. The van der Waals surface area contributed by atoms with E-state index >= 15 is 0 Å². The highest BCUT2D eigenvalue weighted by atomic mass is 79.9. The van der Waals surface area contributed by atoms with Gasteiger partial charge in [0.2, 0.25) is 0 Å². The second-order valence-electron chi connectivity index (χ2n) is 5.97. The highest BCUT2D eigenvalue weighted by molar-refractivity contribution is 9.10. The fourth-order valence-corrected chi connectivity index (χ4v) is 4.65. The van der Waals surface area contributed by atoms with Gasteiger partial charge >= 0.3 is 0 Å². The van der Waals surface area contributed by atoms with Gasteiger partial charge in [0.25, 0.3) is 5.91 Å². The topological polar surface area (TPSA) is 41.6 Å². The van der Waals surface area contributed by atoms with Gasteiger partial charge in [-0.3, -0.25) is 9.69 Å². The third-order valence-corrected chi connectivity index (χ3v) is 6.41. The van der Waals surface area contributed by atoms with Crippen LogP contribution in [0.2, 0.25) is 0 Å². The molecule has 0 atom stereocenters. The molecule has 1 fully saturated rings. The number of carbonyl (C=O) groups excluding carboxylic acids is 1. The Bertz CT molecular complexity index is 730. The first-order valence-electron chi connectivity index (χ1n) is 8.27. The zero-order chi connectivity index (χ0) is 17.6. The molecule has 0 saturated carbocycles. The lowest BCUT2D eigenvalue weighted by atomic mass is 10.2. The number of ether oxygens (including phenoxy) is 1. The van der Waals surface area contributed by atoms with E-state index in [-0.39, 0.29) is 5.91 Å². The largest absolute Gasteiger partial charge is 0.491 e. The predicted molar refractivity (Wildman–Crippen MR) is 109 cm³/mol. The molecule has 3 rings (SSSR count). The molecule has 134 valence electrons. The van der Waals surface area contributed by atoms with E-state index in [1.807, 2.05) is 29.6 Å². The summed E-state index contributed by atoms with van der Waals surface area (Å²) in [5, 5.41) is 4.84. The molecule has 7 heteroatoms. The van der Waals surface area contributed by atoms with E-state index in [4.69, 9.17) is 4.74 Å². The predicted octanol–water partition coefficient (Wildman–Crippen LogP) is 4.68. The number of hydrogen-bond acceptors (Lipinski definition) is 4. The molecule has 1 aromatic carbocycles. The van der Waals surface area contributed by atoms with Crippen LogP contribution in [0.5, 0.6) is 5.75 Å². The van der Waals surface area contributed by atoms with Crippen molar-refractivity contribution < 1.29 is 9.53 Å². The summed E-state index contributed by atoms with van der Waals surface area (Å²) in [6, 6.07) is 7.76. The average Bonchev–Trinajstić information content (AvgIpc) is 3.26. The van der Waals surface area contributed by atoms with Gasteiger partial charge < -0.3 is 10.1 Å². The third-order valence-electron chi connectivity index (χ3n) is 4.10. The van der Waals surface area contributed by atoms with Gasteiger partial charge in [0.15, 0.2) is 0 Å². The number of hydrogen-bond donors (Lipinski definition) is 1. The normalized spacial score (nSPS) is 14.6. The number of rotatable bonds is 7. The van der Waals surface area contributed by atoms with E-state index in [2.05, 4.69) is 42.1 Å². The van der Waals surface area contributed by atoms with Crippen LogP contribution >= 0.6 is 43.2 Å². The fraction of sp³-hybridized carbons (Fsp3) is 0.389. The lowest BCUT2D eigenvalue weighted by Crippen LogP contribution is -2.25. The van der Waals surface area contributed by atoms with Crippen molar-refractivity contribution in [3.05, 3.63) is 49.0 Å². The van der Waals surface area contributed by atoms with Crippen LogP contribution in [-0.4, -0.2) is 37.0 Å². The number of likely N-dealkylation sites (tertiary alicyclic amines) is 1. The van der Waals surface area contributed by atoms with Crippen LogP contribution in [-0.2, 0) is 6.54 Å². The molecule has 1 aliphatic heterocycles. The second kappa shape index (κ2) is 9.16. The van der Waals surface area contributed by atoms with Crippen LogP contribution in [0, 0.1) is 0 Å². The summed E-state index contributed by atoms with van der Waals surface area (Å²) in [6.07, 6.45) is 2.60. The highest BCUT2D eigenvalue weighted by Gasteiger charge is 2.12. The summed E-state index contributed by atoms with van der Waals surface area (Å²) in [5.41, 5.74) is 1.03. The highest BCUT2D eigenvalue weighted by Crippen LogP contribution is 2.26. The molecule has 1 aliphatic rings. The number of amides is 1. The molecular weight excluding hydrogens is 468 g/mol. The molecule has 1 N–H and O–H groups in total. The molecule has 4 nitrogen and oxygen atoms in total. The Hall–Kier alpha value is -0.890. The maximum Gasteiger partial charge on any atom is 0.261 e. The van der Waals surface area contributed by atoms with Gasteiger partial charge in [0.05, 0.1) is 9.35 Å². The zero-order valence-electron chi connectivity index (χ0n) is 13.8. The molecule has 0 aliphatic carbocycles. The van der Waals surface area contributed by atoms with Crippen molar-refractivity contribution >= 4 is 49.1 Å². The van der Waals surface area contributed by atoms with Crippen molar-refractivity contribution in [2.24, 2.45) is 0 Å². The average molecular weight is 488 g/mol. The molecule has 1 aromatic heterocycles. The van der Waals surface area contributed by atoms with Gasteiger partial charge in [-0.2, -0.15) is 0 Å². The number of benzene rings is 1. The van der Waals surface area contributed by atoms with Crippen LogP contribution < -0.4 is 10.1 Å². The molecule has 0 unspecified atom stereocenters. The van der Waals surface area contributed by atoms with Crippen molar-refractivity contribution in [1.82, 2.24) is 10.2 Å². The van der Waals surface area contributed by atoms with E-state index in [0.717, 1.165) is 26.8 Å². The first-order chi connectivity index (χ1) is 12.1. The van der Waals surface area contributed by atoms with E-state index in [0.29, 0.717) is 18.0 Å². The van der Waals surface area contributed by atoms with Crippen molar-refractivity contribution in [3.63, 3.8) is 0 Å². The molecule has 0 bridgehead atoms. The summed E-state index contributed by atoms with van der Waals surface area (Å²) < 4.78 is 7.72. The Kier molecular flexibility index (Phi) is 6.92. The van der Waals surface area contributed by atoms with Crippen molar-refractivity contribution in [1.29, 1.82) is 0 Å². The Balaban J connectivity index is 1.48. The fourth-order valence-electron chi connectivity index (χ4n) is 2.76. The summed E-state index contributed by atoms with van der Waals surface area (Å²) in [4.78, 5) is 15.2. The van der Waals surface area contributed by atoms with E-state index in [1.54, 1.807) is 0 Å². The summed E-state index contributed by atoms with van der Waals surface area (Å²) in [5.74, 6) is 0.786. The second-order valence-corrected chi connectivity index (χ2v) is 8.66. The summed E-state index contributed by atoms with van der Waals surface area (Å²) >= 11 is 8.35. The summed E-state index contributed by atoms with van der Waals surface area (Å²) in [6.45, 7) is 4.53. The third kappa shape index (κ3) is 5.54. The molecular formula is C18H20Br2N2O2S. The zero-order valence-corrected chi connectivity index (χ0v) is 17.8. The SMILES string of the molecule is O=C(NCc1ccc(OCCN2CCCC2)c(Br)c1)c1cc(Br)cs1. The minimum atomic E-state index is -0.0576. The van der Waals surface area contributed by atoms with Gasteiger partial charge in [-0.05, 0) is 81.6 Å². The monoisotopic (exact) mass is 486 g/mol. The van der Waals surface area contributed by atoms with Crippen molar-refractivity contribution in [3.8, 4) is 5.75 Å². The van der Waals surface area contributed by atoms with Gasteiger partial charge in [-0.25, -0.2) is 0 Å². The molecule has 25 heavy (non-hydrogen) atoms. The lowest BCUT2D eigenvalue weighted by molar-refractivity contribution is 0.0955. The first kappa shape index (κ1) is 18.9. The Morgan fingerprint density at radius 3 is 2.72 bits per heavy atom. The number of nitrogens with zero attached hydrogens (tertiary/aromatic N) is 1. The minimum absolute atomic E-state index is 0.0576. The van der Waals surface area contributed by atoms with Crippen LogP contribution in [0.15, 0.2) is 38.6 Å². The van der Waals surface area contributed by atoms with E-state index < -0.39 is 0 Å². The van der Waals surface area contributed by atoms with Gasteiger partial charge in [0, 0.05) is 22.9 Å². The Morgan fingerprint density at radius 2 is 2.04 bits per heavy atom. The molecule has 2 aromatic rings. The standard InChI is InChI=1S/C18H20Br2N2O2S/c19-14-10-17(25-12-14)18(23)21-11-13-3-4-16(15(20)9-13)24-8-7-22-5-1-2-6-22/h3-4,9-10,12H,1-2,5-8,11H2,(H,21,23). The first-order valence-corrected chi connectivity index (χ1v) is 10.7. The Labute approximate surface area is 168 Å². The van der Waals surface area contributed by atoms with E-state index in [1.165, 1.54) is 37.3 Å². The number of nitrogens with one attached hydrogen (secondary N) is 1. The van der Waals surface area contributed by atoms with Crippen LogP contribution in [0.4, 0.5) is 0 Å². The van der Waals surface area contributed by atoms with Gasteiger partial charge in [-0.1, -0.05) is 6.07 Å². The van der Waals surface area contributed by atoms with Crippen molar-refractivity contribution in [2.75, 3.05) is 26.2 Å². The van der Waals surface area contributed by atoms with Crippen LogP contribution in [0.3, 0.4) is 0 Å². The molecule has 1 saturated heterocycles.